The number of rotatable bonds is 10. The van der Waals surface area contributed by atoms with Crippen LogP contribution in [0.4, 0.5) is 0 Å². The minimum Gasteiger partial charge on any atom is -0.427 e. The van der Waals surface area contributed by atoms with Crippen molar-refractivity contribution >= 4 is 11.6 Å². The van der Waals surface area contributed by atoms with E-state index in [0.717, 1.165) is 50.5 Å². The highest BCUT2D eigenvalue weighted by molar-refractivity contribution is 6.04. The lowest BCUT2D eigenvalue weighted by Gasteiger charge is -2.61. The van der Waals surface area contributed by atoms with Gasteiger partial charge in [-0.3, -0.25) is 9.59 Å². The first kappa shape index (κ1) is 32.0. The predicted molar refractivity (Wildman–Crippen MR) is 158 cm³/mol. The van der Waals surface area contributed by atoms with Gasteiger partial charge in [0, 0.05) is 16.2 Å². The highest BCUT2D eigenvalue weighted by atomic mass is 16.4. The lowest BCUT2D eigenvalue weighted by atomic mass is 9.42. The van der Waals surface area contributed by atoms with E-state index in [1.54, 1.807) is 6.92 Å². The van der Waals surface area contributed by atoms with Crippen LogP contribution in [-0.4, -0.2) is 21.8 Å². The van der Waals surface area contributed by atoms with E-state index in [2.05, 4.69) is 71.7 Å². The molecule has 40 heavy (non-hydrogen) atoms. The molecule has 1 aromatic rings. The van der Waals surface area contributed by atoms with Gasteiger partial charge in [0.15, 0.2) is 11.6 Å². The number of hydrogen-bond donors (Lipinski definition) is 0. The smallest absolute Gasteiger partial charge is 0.222 e. The van der Waals surface area contributed by atoms with Crippen LogP contribution in [0.1, 0.15) is 127 Å². The van der Waals surface area contributed by atoms with Crippen LogP contribution in [0.5, 0.6) is 0 Å². The third-order valence-corrected chi connectivity index (χ3v) is 11.4. The maximum absolute atomic E-state index is 13.2. The van der Waals surface area contributed by atoms with Gasteiger partial charge >= 0.3 is 0 Å². The van der Waals surface area contributed by atoms with Gasteiger partial charge in [-0.1, -0.05) is 87.3 Å². The normalized spacial score (nSPS) is 29.4. The number of nitrogens with zero attached hydrogens (tertiary/aromatic N) is 3. The predicted octanol–water partition coefficient (Wildman–Crippen LogP) is 8.35. The molecule has 1 saturated carbocycles. The van der Waals surface area contributed by atoms with Crippen LogP contribution < -0.4 is 0 Å². The molecule has 1 heterocycles. The van der Waals surface area contributed by atoms with E-state index in [9.17, 15) is 14.9 Å². The average Bonchev–Trinajstić information content (AvgIpc) is 3.42. The standard InChI is InChI=1S/C34H51N3O3/c1-12-29(3,4)15-17-32(9,28-37-36-22-40-28)18-16-30(5,6)34(11)14-13-25-31(7,8)27(39)24(21-35)20-33(25,10)26(34)19-23(2)38/h19-20,22,25H,12-18H2,1-11H3/b26-19-/t25-,32-,33-,34+/m0/s1. The van der Waals surface area contributed by atoms with Crippen molar-refractivity contribution in [3.8, 4) is 6.07 Å². The van der Waals surface area contributed by atoms with E-state index in [4.69, 9.17) is 4.42 Å². The monoisotopic (exact) mass is 549 g/mol. The Kier molecular flexibility index (Phi) is 8.55. The molecular formula is C34H51N3O3. The Morgan fingerprint density at radius 1 is 1.12 bits per heavy atom. The summed E-state index contributed by atoms with van der Waals surface area (Å²) in [6.07, 6.45) is 11.7. The molecule has 0 amide bonds. The van der Waals surface area contributed by atoms with Gasteiger partial charge in [-0.25, -0.2) is 0 Å². The Hall–Kier alpha value is -2.55. The van der Waals surface area contributed by atoms with Crippen molar-refractivity contribution in [2.45, 2.75) is 127 Å². The molecular weight excluding hydrogens is 498 g/mol. The summed E-state index contributed by atoms with van der Waals surface area (Å²) in [5, 5.41) is 18.3. The molecule has 0 bridgehead atoms. The summed E-state index contributed by atoms with van der Waals surface area (Å²) in [6.45, 7) is 23.7. The summed E-state index contributed by atoms with van der Waals surface area (Å²) in [5.74, 6) is 0.606. The number of ketones is 2. The van der Waals surface area contributed by atoms with Crippen molar-refractivity contribution in [2.75, 3.05) is 0 Å². The molecule has 0 aliphatic heterocycles. The van der Waals surface area contributed by atoms with E-state index in [1.165, 1.54) is 6.39 Å². The van der Waals surface area contributed by atoms with E-state index in [-0.39, 0.29) is 44.7 Å². The third kappa shape index (κ3) is 5.50. The number of hydrogen-bond acceptors (Lipinski definition) is 6. The number of carbonyl (C=O) groups is 2. The molecule has 3 rings (SSSR count). The number of carbonyl (C=O) groups excluding carboxylic acids is 2. The molecule has 0 unspecified atom stereocenters. The lowest BCUT2D eigenvalue weighted by molar-refractivity contribution is -0.131. The number of nitriles is 1. The molecule has 220 valence electrons. The first-order valence-corrected chi connectivity index (χ1v) is 15.0. The SMILES string of the molecule is CCC(C)(C)CC[C@@](C)(CCC(C)(C)[C@]1(C)CC[C@H]2C(C)(C)C(=O)C(C#N)=C[C@]2(C)/C1=C/C(C)=O)c1nnco1. The fourth-order valence-electron chi connectivity index (χ4n) is 7.54. The Morgan fingerprint density at radius 2 is 1.75 bits per heavy atom. The maximum Gasteiger partial charge on any atom is 0.222 e. The summed E-state index contributed by atoms with van der Waals surface area (Å²) >= 11 is 0. The number of Topliss-reactive ketones (excluding diaryl/α,β-unsaturated/α-hetero) is 1. The maximum atomic E-state index is 13.2. The van der Waals surface area contributed by atoms with E-state index < -0.39 is 10.8 Å². The van der Waals surface area contributed by atoms with Crippen LogP contribution in [-0.2, 0) is 15.0 Å². The molecule has 0 radical (unpaired) electrons. The zero-order valence-corrected chi connectivity index (χ0v) is 26.8. The summed E-state index contributed by atoms with van der Waals surface area (Å²) in [4.78, 5) is 26.0. The molecule has 1 aromatic heterocycles. The number of allylic oxidation sites excluding steroid dienone is 4. The van der Waals surface area contributed by atoms with Gasteiger partial charge in [-0.15, -0.1) is 10.2 Å². The lowest BCUT2D eigenvalue weighted by Crippen LogP contribution is -2.55. The van der Waals surface area contributed by atoms with E-state index in [1.807, 2.05) is 26.0 Å². The molecule has 0 spiro atoms. The highest BCUT2D eigenvalue weighted by Gasteiger charge is 2.61. The minimum absolute atomic E-state index is 0.00184. The van der Waals surface area contributed by atoms with Crippen LogP contribution in [0.25, 0.3) is 0 Å². The highest BCUT2D eigenvalue weighted by Crippen LogP contribution is 2.67. The first-order chi connectivity index (χ1) is 18.3. The third-order valence-electron chi connectivity index (χ3n) is 11.4. The van der Waals surface area contributed by atoms with Crippen LogP contribution >= 0.6 is 0 Å². The van der Waals surface area contributed by atoms with Crippen molar-refractivity contribution in [3.63, 3.8) is 0 Å². The number of aromatic nitrogens is 2. The van der Waals surface area contributed by atoms with Gasteiger partial charge in [-0.05, 0) is 73.7 Å². The summed E-state index contributed by atoms with van der Waals surface area (Å²) in [7, 11) is 0. The van der Waals surface area contributed by atoms with Crippen molar-refractivity contribution in [1.29, 1.82) is 5.26 Å². The Balaban J connectivity index is 2.05. The van der Waals surface area contributed by atoms with Crippen LogP contribution in [0, 0.1) is 44.3 Å². The molecule has 2 aliphatic rings. The quantitative estimate of drug-likeness (QED) is 0.272. The van der Waals surface area contributed by atoms with Crippen LogP contribution in [0.3, 0.4) is 0 Å². The first-order valence-electron chi connectivity index (χ1n) is 15.0. The van der Waals surface area contributed by atoms with Gasteiger partial charge in [-0.2, -0.15) is 5.26 Å². The molecule has 0 saturated heterocycles. The number of fused-ring (bicyclic) bond motifs is 1. The van der Waals surface area contributed by atoms with Crippen LogP contribution in [0.2, 0.25) is 0 Å². The second-order valence-corrected chi connectivity index (χ2v) is 15.3. The van der Waals surface area contributed by atoms with E-state index >= 15 is 0 Å². The van der Waals surface area contributed by atoms with E-state index in [0.29, 0.717) is 5.89 Å². The fraction of sp³-hybridized carbons (Fsp3) is 0.735. The van der Waals surface area contributed by atoms with Gasteiger partial charge < -0.3 is 4.42 Å². The zero-order valence-electron chi connectivity index (χ0n) is 26.8. The van der Waals surface area contributed by atoms with Crippen molar-refractivity contribution < 1.29 is 14.0 Å². The fourth-order valence-corrected chi connectivity index (χ4v) is 7.54. The molecule has 6 heteroatoms. The molecule has 1 fully saturated rings. The average molecular weight is 550 g/mol. The minimum atomic E-state index is -0.682. The van der Waals surface area contributed by atoms with Crippen molar-refractivity contribution in [1.82, 2.24) is 10.2 Å². The largest absolute Gasteiger partial charge is 0.427 e. The van der Waals surface area contributed by atoms with Gasteiger partial charge in [0.05, 0.1) is 5.57 Å². The molecule has 2 aliphatic carbocycles. The van der Waals surface area contributed by atoms with Gasteiger partial charge in [0.2, 0.25) is 12.3 Å². The van der Waals surface area contributed by atoms with Crippen molar-refractivity contribution in [3.05, 3.63) is 35.6 Å². The second kappa shape index (κ2) is 10.7. The Morgan fingerprint density at radius 3 is 2.27 bits per heavy atom. The summed E-state index contributed by atoms with van der Waals surface area (Å²) in [5.41, 5.74) is -0.557. The molecule has 0 aromatic carbocycles. The summed E-state index contributed by atoms with van der Waals surface area (Å²) < 4.78 is 5.80. The zero-order chi connectivity index (χ0) is 30.4. The molecule has 6 nitrogen and oxygen atoms in total. The van der Waals surface area contributed by atoms with Gasteiger partial charge in [0.1, 0.15) is 6.07 Å². The van der Waals surface area contributed by atoms with Crippen molar-refractivity contribution in [2.24, 2.45) is 33.0 Å². The molecule has 0 N–H and O–H groups in total. The Labute approximate surface area is 242 Å². The second-order valence-electron chi connectivity index (χ2n) is 15.3. The topological polar surface area (TPSA) is 96.8 Å². The molecule has 4 atom stereocenters. The van der Waals surface area contributed by atoms with Crippen LogP contribution in [0.15, 0.2) is 34.1 Å². The Bertz CT molecular complexity index is 1230. The van der Waals surface area contributed by atoms with Gasteiger partial charge in [0.25, 0.3) is 0 Å². The summed E-state index contributed by atoms with van der Waals surface area (Å²) in [6, 6.07) is 2.18.